The summed E-state index contributed by atoms with van der Waals surface area (Å²) in [4.78, 5) is 29.6. The number of nitrogens with one attached hydrogen (secondary N) is 2. The van der Waals surface area contributed by atoms with Crippen molar-refractivity contribution < 1.29 is 45.4 Å². The van der Waals surface area contributed by atoms with Gasteiger partial charge in [-0.2, -0.15) is 31.4 Å². The van der Waals surface area contributed by atoms with Gasteiger partial charge in [0.1, 0.15) is 11.6 Å². The fourth-order valence-electron chi connectivity index (χ4n) is 3.34. The Labute approximate surface area is 213 Å². The first-order chi connectivity index (χ1) is 17.2. The maximum Gasteiger partial charge on any atom is 0.416 e. The van der Waals surface area contributed by atoms with Crippen molar-refractivity contribution in [1.82, 2.24) is 30.1 Å². The molecule has 3 heterocycles. The first-order valence-electron chi connectivity index (χ1n) is 11.4. The highest BCUT2D eigenvalue weighted by Crippen LogP contribution is 2.34. The minimum Gasteiger partial charge on any atom is -0.444 e. The summed E-state index contributed by atoms with van der Waals surface area (Å²) in [7, 11) is 0. The molecule has 1 fully saturated rings. The standard InChI is InChI=1S/C22H28F6N6O4/c1-19(2,3)38-18(36)31-14(11-37-20(4,5)22(26,27)28)13-9-34-16(30-13)6-12(7-29-34)8-33-10-15(21(23,24)25)32-17(33)35/h6-7,9,14-15H,8,10-11H2,1-5H3,(H,31,36)(H,32,35)/t14-,15-/m0/s1. The van der Waals surface area contributed by atoms with E-state index in [0.717, 1.165) is 18.7 Å². The average Bonchev–Trinajstić information content (AvgIpc) is 3.32. The maximum atomic E-state index is 13.3. The van der Waals surface area contributed by atoms with Gasteiger partial charge >= 0.3 is 24.5 Å². The van der Waals surface area contributed by atoms with E-state index < -0.39 is 60.9 Å². The van der Waals surface area contributed by atoms with Crippen molar-refractivity contribution >= 4 is 17.8 Å². The van der Waals surface area contributed by atoms with Crippen LogP contribution in [0.5, 0.6) is 0 Å². The van der Waals surface area contributed by atoms with Crippen LogP contribution in [0.3, 0.4) is 0 Å². The van der Waals surface area contributed by atoms with Gasteiger partial charge in [-0.05, 0) is 46.2 Å². The molecule has 1 saturated heterocycles. The van der Waals surface area contributed by atoms with E-state index in [1.165, 1.54) is 23.0 Å². The third-order valence-corrected chi connectivity index (χ3v) is 5.49. The van der Waals surface area contributed by atoms with Crippen LogP contribution >= 0.6 is 0 Å². The second-order valence-corrected chi connectivity index (χ2v) is 10.3. The molecule has 0 aromatic carbocycles. The smallest absolute Gasteiger partial charge is 0.416 e. The number of aromatic nitrogens is 3. The van der Waals surface area contributed by atoms with E-state index in [4.69, 9.17) is 9.47 Å². The molecule has 1 aliphatic heterocycles. The predicted octanol–water partition coefficient (Wildman–Crippen LogP) is 4.11. The molecule has 2 N–H and O–H groups in total. The van der Waals surface area contributed by atoms with E-state index in [1.807, 2.05) is 5.32 Å². The Kier molecular flexibility index (Phi) is 7.78. The number of rotatable bonds is 7. The van der Waals surface area contributed by atoms with Gasteiger partial charge in [-0.1, -0.05) is 0 Å². The van der Waals surface area contributed by atoms with E-state index >= 15 is 0 Å². The Bertz CT molecular complexity index is 1170. The zero-order valence-electron chi connectivity index (χ0n) is 21.2. The lowest BCUT2D eigenvalue weighted by Gasteiger charge is -2.30. The summed E-state index contributed by atoms with van der Waals surface area (Å²) in [6.45, 7) is 5.12. The minimum atomic E-state index is -4.69. The van der Waals surface area contributed by atoms with E-state index in [1.54, 1.807) is 20.8 Å². The molecule has 0 bridgehead atoms. The van der Waals surface area contributed by atoms with Gasteiger partial charge < -0.3 is 25.0 Å². The zero-order valence-corrected chi connectivity index (χ0v) is 21.2. The molecule has 2 aromatic rings. The lowest BCUT2D eigenvalue weighted by atomic mass is 10.1. The zero-order chi connectivity index (χ0) is 28.7. The number of carbonyl (C=O) groups excluding carboxylic acids is 2. The lowest BCUT2D eigenvalue weighted by molar-refractivity contribution is -0.265. The molecule has 0 saturated carbocycles. The van der Waals surface area contributed by atoms with Gasteiger partial charge in [0.2, 0.25) is 0 Å². The van der Waals surface area contributed by atoms with Crippen LogP contribution in [0, 0.1) is 0 Å². The van der Waals surface area contributed by atoms with Crippen molar-refractivity contribution in [3.63, 3.8) is 0 Å². The van der Waals surface area contributed by atoms with E-state index in [2.05, 4.69) is 15.4 Å². The van der Waals surface area contributed by atoms with Crippen LogP contribution in [0.15, 0.2) is 18.5 Å². The van der Waals surface area contributed by atoms with Gasteiger partial charge in [0.05, 0.1) is 37.3 Å². The summed E-state index contributed by atoms with van der Waals surface area (Å²) in [5.74, 6) is 0. The van der Waals surface area contributed by atoms with Crippen LogP contribution in [0.4, 0.5) is 35.9 Å². The Balaban J connectivity index is 1.82. The summed E-state index contributed by atoms with van der Waals surface area (Å²) >= 11 is 0. The highest BCUT2D eigenvalue weighted by atomic mass is 19.4. The van der Waals surface area contributed by atoms with E-state index in [9.17, 15) is 35.9 Å². The Morgan fingerprint density at radius 3 is 2.39 bits per heavy atom. The van der Waals surface area contributed by atoms with Gasteiger partial charge in [0.15, 0.2) is 11.2 Å². The monoisotopic (exact) mass is 554 g/mol. The number of carbonyl (C=O) groups is 2. The average molecular weight is 554 g/mol. The quantitative estimate of drug-likeness (QED) is 0.499. The van der Waals surface area contributed by atoms with Crippen molar-refractivity contribution in [2.45, 2.75) is 76.8 Å². The number of fused-ring (bicyclic) bond motifs is 1. The van der Waals surface area contributed by atoms with Crippen LogP contribution in [-0.2, 0) is 16.0 Å². The molecule has 2 atom stereocenters. The molecule has 3 rings (SSSR count). The number of urea groups is 1. The number of imidazole rings is 1. The summed E-state index contributed by atoms with van der Waals surface area (Å²) in [6.07, 6.45) is -7.53. The van der Waals surface area contributed by atoms with Crippen molar-refractivity contribution in [2.75, 3.05) is 13.2 Å². The number of alkyl carbamates (subject to hydrolysis) is 1. The molecule has 0 aliphatic carbocycles. The second-order valence-electron chi connectivity index (χ2n) is 10.3. The Morgan fingerprint density at radius 2 is 1.84 bits per heavy atom. The number of amides is 3. The SMILES string of the molecule is CC(C)(C)OC(=O)N[C@@H](COC(C)(C)C(F)(F)F)c1cn2ncc(CN3C[C@@H](C(F)(F)F)NC3=O)cc2n1. The van der Waals surface area contributed by atoms with Crippen LogP contribution in [0.1, 0.15) is 51.9 Å². The Hall–Kier alpha value is -3.30. The molecule has 212 valence electrons. The highest BCUT2D eigenvalue weighted by molar-refractivity contribution is 5.77. The largest absolute Gasteiger partial charge is 0.444 e. The fraction of sp³-hybridized carbons (Fsp3) is 0.636. The van der Waals surface area contributed by atoms with Gasteiger partial charge in [-0.3, -0.25) is 0 Å². The minimum absolute atomic E-state index is 0.0922. The van der Waals surface area contributed by atoms with Crippen LogP contribution in [0.25, 0.3) is 5.65 Å². The molecule has 0 spiro atoms. The predicted molar refractivity (Wildman–Crippen MR) is 120 cm³/mol. The number of hydrogen-bond acceptors (Lipinski definition) is 6. The second kappa shape index (κ2) is 10.1. The summed E-state index contributed by atoms with van der Waals surface area (Å²) < 4.78 is 90.3. The first kappa shape index (κ1) is 29.3. The summed E-state index contributed by atoms with van der Waals surface area (Å²) in [5, 5.41) is 8.43. The van der Waals surface area contributed by atoms with Crippen LogP contribution in [-0.4, -0.2) is 74.4 Å². The number of nitrogens with zero attached hydrogens (tertiary/aromatic N) is 4. The van der Waals surface area contributed by atoms with Crippen molar-refractivity contribution in [2.24, 2.45) is 0 Å². The van der Waals surface area contributed by atoms with Crippen molar-refractivity contribution in [1.29, 1.82) is 0 Å². The third kappa shape index (κ3) is 7.17. The number of alkyl halides is 6. The van der Waals surface area contributed by atoms with Crippen molar-refractivity contribution in [3.8, 4) is 0 Å². The molecule has 38 heavy (non-hydrogen) atoms. The molecule has 0 radical (unpaired) electrons. The molecule has 0 unspecified atom stereocenters. The van der Waals surface area contributed by atoms with E-state index in [0.29, 0.717) is 5.56 Å². The van der Waals surface area contributed by atoms with Crippen LogP contribution < -0.4 is 10.6 Å². The molecular weight excluding hydrogens is 526 g/mol. The molecular formula is C22H28F6N6O4. The van der Waals surface area contributed by atoms with Gasteiger partial charge in [-0.15, -0.1) is 0 Å². The first-order valence-corrected chi connectivity index (χ1v) is 11.4. The number of hydrogen-bond donors (Lipinski definition) is 2. The molecule has 10 nitrogen and oxygen atoms in total. The summed E-state index contributed by atoms with van der Waals surface area (Å²) in [6, 6.07) is -2.60. The topological polar surface area (TPSA) is 110 Å². The number of halogens is 6. The highest BCUT2D eigenvalue weighted by Gasteiger charge is 2.49. The number of ether oxygens (including phenoxy) is 2. The fourth-order valence-corrected chi connectivity index (χ4v) is 3.34. The third-order valence-electron chi connectivity index (χ3n) is 5.49. The molecule has 2 aromatic heterocycles. The van der Waals surface area contributed by atoms with E-state index in [-0.39, 0.29) is 17.9 Å². The van der Waals surface area contributed by atoms with Crippen LogP contribution in [0.2, 0.25) is 0 Å². The van der Waals surface area contributed by atoms with Gasteiger partial charge in [-0.25, -0.2) is 19.1 Å². The normalized spacial score (nSPS) is 18.0. The van der Waals surface area contributed by atoms with Crippen molar-refractivity contribution in [3.05, 3.63) is 29.7 Å². The lowest BCUT2D eigenvalue weighted by Crippen LogP contribution is -2.44. The summed E-state index contributed by atoms with van der Waals surface area (Å²) in [5.41, 5.74) is -2.79. The van der Waals surface area contributed by atoms with Gasteiger partial charge in [0.25, 0.3) is 0 Å². The molecule has 1 aliphatic rings. The van der Waals surface area contributed by atoms with Gasteiger partial charge in [0, 0.05) is 6.54 Å². The molecule has 3 amide bonds. The Morgan fingerprint density at radius 1 is 1.18 bits per heavy atom. The maximum absolute atomic E-state index is 13.3. The molecule has 16 heteroatoms.